The van der Waals surface area contributed by atoms with Gasteiger partial charge >= 0.3 is 106 Å². The summed E-state index contributed by atoms with van der Waals surface area (Å²) in [5.41, 5.74) is 6.06. The molecule has 0 saturated heterocycles. The first kappa shape index (κ1) is 61.7. The van der Waals surface area contributed by atoms with Crippen LogP contribution in [0, 0.1) is 0 Å². The summed E-state index contributed by atoms with van der Waals surface area (Å²) in [6.45, 7) is 18.3. The number of benzene rings is 4. The molecule has 372 valence electrons. The zero-order valence-corrected chi connectivity index (χ0v) is 50.7. The number of rotatable bonds is 12. The average molecular weight is 1130 g/mol. The van der Waals surface area contributed by atoms with Crippen LogP contribution < -0.4 is 24.8 Å². The van der Waals surface area contributed by atoms with Crippen molar-refractivity contribution in [2.45, 2.75) is 182 Å². The van der Waals surface area contributed by atoms with Crippen LogP contribution in [-0.4, -0.2) is 6.41 Å². The molecular formula is C66H84Cl2Zr2-2. The van der Waals surface area contributed by atoms with Crippen LogP contribution in [0.4, 0.5) is 0 Å². The predicted octanol–water partition coefficient (Wildman–Crippen LogP) is 14.4. The minimum absolute atomic E-state index is 0. The second kappa shape index (κ2) is 34.0. The van der Waals surface area contributed by atoms with Gasteiger partial charge in [0.25, 0.3) is 0 Å². The molecule has 8 aromatic carbocycles. The van der Waals surface area contributed by atoms with Gasteiger partial charge in [-0.1, -0.05) is 155 Å². The zero-order valence-electron chi connectivity index (χ0n) is 44.2. The molecule has 0 heterocycles. The number of fused-ring (bicyclic) bond motifs is 4. The Morgan fingerprint density at radius 3 is 0.729 bits per heavy atom. The van der Waals surface area contributed by atoms with Gasteiger partial charge in [-0.2, -0.15) is 22.3 Å². The van der Waals surface area contributed by atoms with Gasteiger partial charge in [-0.3, -0.25) is 0 Å². The van der Waals surface area contributed by atoms with Crippen LogP contribution in [0.5, 0.6) is 0 Å². The van der Waals surface area contributed by atoms with E-state index in [1.165, 1.54) is 168 Å². The van der Waals surface area contributed by atoms with E-state index in [0.29, 0.717) is 23.7 Å². The summed E-state index contributed by atoms with van der Waals surface area (Å²) in [5, 5.41) is 11.3. The molecule has 4 unspecified atom stereocenters. The SMILES string of the molecule is CCCC(C)c1c[cH-]c2ccccc12.CCCC(C)c1c[cH-]c2ccccc12.CCCC(C)c1c[cH-]c2ccccc12.CCCC(C)c1c[cH-]c2ccccc12.[Cl-].[Cl-].[Zr+2]=[C]1CCCC1.[Zr+2]=[C]1CCCC1. The van der Waals surface area contributed by atoms with Gasteiger partial charge in [0.05, 0.1) is 0 Å². The van der Waals surface area contributed by atoms with Crippen LogP contribution in [0.25, 0.3) is 43.1 Å². The average Bonchev–Trinajstić information content (AvgIpc) is 4.23. The Kier molecular flexibility index (Phi) is 30.0. The molecule has 0 spiro atoms. The number of halogens is 2. The van der Waals surface area contributed by atoms with E-state index in [4.69, 9.17) is 0 Å². The standard InChI is InChI=1S/4C14H17.2C5H8.2ClH.2Zr/c4*1-3-6-11(2)13-10-9-12-7-4-5-8-14(12)13;2*1-2-4-5-3-1;;;;/h4*4-5,7-11H,3,6H2,1-2H3;2*1-4H2;2*1H;;/q4*-1;;;;;2*+2/p-2. The molecule has 0 radical (unpaired) electrons. The molecule has 2 saturated carbocycles. The second-order valence-corrected chi connectivity index (χ2v) is 23.4. The molecule has 0 amide bonds. The third-order valence-corrected chi connectivity index (χ3v) is 16.7. The second-order valence-electron chi connectivity index (χ2n) is 19.9. The van der Waals surface area contributed by atoms with E-state index in [-0.39, 0.29) is 24.8 Å². The minimum atomic E-state index is 0. The molecule has 2 fully saturated rings. The number of hydrogen-bond donors (Lipinski definition) is 0. The van der Waals surface area contributed by atoms with E-state index in [9.17, 15) is 0 Å². The maximum atomic E-state index is 2.32. The van der Waals surface area contributed by atoms with Crippen LogP contribution in [0.1, 0.15) is 204 Å². The molecule has 70 heavy (non-hydrogen) atoms. The molecule has 10 rings (SSSR count). The van der Waals surface area contributed by atoms with E-state index in [1.807, 2.05) is 0 Å². The first-order valence-corrected chi connectivity index (χ1v) is 29.2. The van der Waals surface area contributed by atoms with Crippen molar-refractivity contribution in [2.75, 3.05) is 0 Å². The molecule has 2 aliphatic carbocycles. The van der Waals surface area contributed by atoms with Gasteiger partial charge in [0, 0.05) is 0 Å². The van der Waals surface area contributed by atoms with Crippen molar-refractivity contribution < 1.29 is 73.3 Å². The molecule has 0 bridgehead atoms. The van der Waals surface area contributed by atoms with Crippen molar-refractivity contribution in [3.05, 3.63) is 168 Å². The Morgan fingerprint density at radius 1 is 0.357 bits per heavy atom. The van der Waals surface area contributed by atoms with Crippen molar-refractivity contribution in [2.24, 2.45) is 0 Å². The molecule has 8 aromatic rings. The summed E-state index contributed by atoms with van der Waals surface area (Å²) < 4.78 is 3.59. The predicted molar refractivity (Wildman–Crippen MR) is 298 cm³/mol. The fourth-order valence-electron chi connectivity index (χ4n) is 10.4. The van der Waals surface area contributed by atoms with Gasteiger partial charge in [0.1, 0.15) is 0 Å². The van der Waals surface area contributed by atoms with Crippen LogP contribution >= 0.6 is 0 Å². The monoisotopic (exact) mass is 1130 g/mol. The van der Waals surface area contributed by atoms with Gasteiger partial charge < -0.3 is 24.8 Å². The van der Waals surface area contributed by atoms with Crippen molar-refractivity contribution in [3.8, 4) is 0 Å². The Hall–Kier alpha value is -2.59. The molecule has 0 aliphatic heterocycles. The van der Waals surface area contributed by atoms with E-state index in [0.717, 1.165) is 0 Å². The van der Waals surface area contributed by atoms with Crippen LogP contribution in [0.15, 0.2) is 146 Å². The van der Waals surface area contributed by atoms with Crippen LogP contribution in [-0.2, 0) is 48.5 Å². The summed E-state index contributed by atoms with van der Waals surface area (Å²) >= 11 is 3.36. The quantitative estimate of drug-likeness (QED) is 0.107. The molecule has 0 nitrogen and oxygen atoms in total. The Balaban J connectivity index is 0.000000227. The van der Waals surface area contributed by atoms with Crippen molar-refractivity contribution >= 4 is 49.5 Å². The Morgan fingerprint density at radius 2 is 0.557 bits per heavy atom. The molecule has 2 aliphatic rings. The van der Waals surface area contributed by atoms with Crippen LogP contribution in [0.2, 0.25) is 0 Å². The van der Waals surface area contributed by atoms with E-state index >= 15 is 0 Å². The molecule has 4 heteroatoms. The molecule has 0 N–H and O–H groups in total. The third-order valence-electron chi connectivity index (χ3n) is 14.3. The Bertz CT molecular complexity index is 2300. The molecular weight excluding hydrogens is 1050 g/mol. The molecule has 0 aromatic heterocycles. The van der Waals surface area contributed by atoms with Gasteiger partial charge in [0.2, 0.25) is 0 Å². The van der Waals surface area contributed by atoms with Crippen molar-refractivity contribution in [1.82, 2.24) is 0 Å². The summed E-state index contributed by atoms with van der Waals surface area (Å²) in [6, 6.07) is 52.7. The summed E-state index contributed by atoms with van der Waals surface area (Å²) in [6.07, 6.45) is 21.9. The molecule has 4 atom stereocenters. The first-order valence-electron chi connectivity index (χ1n) is 26.8. The maximum absolute atomic E-state index is 2.32. The van der Waals surface area contributed by atoms with E-state index in [1.54, 1.807) is 54.9 Å². The fraction of sp³-hybridized carbons (Fsp3) is 0.424. The van der Waals surface area contributed by atoms with Crippen LogP contribution in [0.3, 0.4) is 0 Å². The zero-order chi connectivity index (χ0) is 48.7. The fourth-order valence-corrected chi connectivity index (χ4v) is 12.1. The Labute approximate surface area is 468 Å². The van der Waals surface area contributed by atoms with Crippen molar-refractivity contribution in [3.63, 3.8) is 0 Å². The topological polar surface area (TPSA) is 0 Å². The van der Waals surface area contributed by atoms with Crippen molar-refractivity contribution in [1.29, 1.82) is 0 Å². The van der Waals surface area contributed by atoms with Gasteiger partial charge in [0.15, 0.2) is 0 Å². The van der Waals surface area contributed by atoms with E-state index in [2.05, 4.69) is 201 Å². The van der Waals surface area contributed by atoms with Gasteiger partial charge in [-0.25, -0.2) is 0 Å². The summed E-state index contributed by atoms with van der Waals surface area (Å²) in [7, 11) is 0. The first-order chi connectivity index (χ1) is 33.1. The van der Waals surface area contributed by atoms with E-state index < -0.39 is 0 Å². The third kappa shape index (κ3) is 19.0. The van der Waals surface area contributed by atoms with Gasteiger partial charge in [-0.05, 0) is 0 Å². The normalized spacial score (nSPS) is 14.5. The number of hydrogen-bond acceptors (Lipinski definition) is 0. The summed E-state index contributed by atoms with van der Waals surface area (Å²) in [5.74, 6) is 2.78. The van der Waals surface area contributed by atoms with Gasteiger partial charge in [-0.15, -0.1) is 164 Å². The summed E-state index contributed by atoms with van der Waals surface area (Å²) in [4.78, 5) is 0.